The van der Waals surface area contributed by atoms with E-state index in [1.165, 1.54) is 11.3 Å². The molecule has 5 nitrogen and oxygen atoms in total. The molecule has 21 heavy (non-hydrogen) atoms. The third-order valence-electron chi connectivity index (χ3n) is 2.89. The number of thiazole rings is 1. The molecule has 0 unspecified atom stereocenters. The molecule has 0 bridgehead atoms. The quantitative estimate of drug-likeness (QED) is 0.793. The SMILES string of the molecule is CC(C)n1nccc1C(=O)Nc1nc(-c2cccs2)cs1. The van der Waals surface area contributed by atoms with Gasteiger partial charge in [0, 0.05) is 17.6 Å². The molecule has 0 aliphatic rings. The van der Waals surface area contributed by atoms with Crippen molar-refractivity contribution >= 4 is 33.7 Å². The molecular formula is C14H14N4OS2. The van der Waals surface area contributed by atoms with Crippen LogP contribution in [-0.2, 0) is 0 Å². The summed E-state index contributed by atoms with van der Waals surface area (Å²) in [5, 5.41) is 11.5. The van der Waals surface area contributed by atoms with E-state index in [0.717, 1.165) is 10.6 Å². The van der Waals surface area contributed by atoms with Gasteiger partial charge in [-0.1, -0.05) is 6.07 Å². The number of nitrogens with one attached hydrogen (secondary N) is 1. The summed E-state index contributed by atoms with van der Waals surface area (Å²) in [4.78, 5) is 17.8. The van der Waals surface area contributed by atoms with E-state index in [1.807, 2.05) is 36.7 Å². The fraction of sp³-hybridized carbons (Fsp3) is 0.214. The minimum absolute atomic E-state index is 0.138. The summed E-state index contributed by atoms with van der Waals surface area (Å²) in [6.07, 6.45) is 1.63. The molecule has 1 amide bonds. The summed E-state index contributed by atoms with van der Waals surface area (Å²) in [7, 11) is 0. The third kappa shape index (κ3) is 2.88. The van der Waals surface area contributed by atoms with Crippen LogP contribution in [0.25, 0.3) is 10.6 Å². The van der Waals surface area contributed by atoms with Gasteiger partial charge in [-0.3, -0.25) is 14.8 Å². The standard InChI is InChI=1S/C14H14N4OS2/c1-9(2)18-11(5-6-15-18)13(19)17-14-16-10(8-21-14)12-4-3-7-20-12/h3-9H,1-2H3,(H,16,17,19). The average molecular weight is 318 g/mol. The topological polar surface area (TPSA) is 59.8 Å². The Kier molecular flexibility index (Phi) is 3.85. The highest BCUT2D eigenvalue weighted by Crippen LogP contribution is 2.28. The predicted molar refractivity (Wildman–Crippen MR) is 86.0 cm³/mol. The summed E-state index contributed by atoms with van der Waals surface area (Å²) in [6, 6.07) is 5.85. The minimum atomic E-state index is -0.187. The van der Waals surface area contributed by atoms with Crippen molar-refractivity contribution in [2.75, 3.05) is 5.32 Å². The Morgan fingerprint density at radius 1 is 1.33 bits per heavy atom. The van der Waals surface area contributed by atoms with Gasteiger partial charge >= 0.3 is 0 Å². The van der Waals surface area contributed by atoms with Crippen molar-refractivity contribution in [1.82, 2.24) is 14.8 Å². The number of anilines is 1. The van der Waals surface area contributed by atoms with Gasteiger partial charge in [-0.25, -0.2) is 4.98 Å². The number of nitrogens with zero attached hydrogens (tertiary/aromatic N) is 3. The van der Waals surface area contributed by atoms with Crippen LogP contribution in [0.1, 0.15) is 30.4 Å². The molecule has 3 aromatic rings. The first-order valence-corrected chi connectivity index (χ1v) is 8.25. The highest BCUT2D eigenvalue weighted by Gasteiger charge is 2.15. The van der Waals surface area contributed by atoms with Gasteiger partial charge in [-0.2, -0.15) is 5.10 Å². The normalized spacial score (nSPS) is 11.0. The van der Waals surface area contributed by atoms with E-state index in [4.69, 9.17) is 0 Å². The van der Waals surface area contributed by atoms with Crippen LogP contribution in [0.5, 0.6) is 0 Å². The summed E-state index contributed by atoms with van der Waals surface area (Å²) < 4.78 is 1.70. The molecule has 3 aromatic heterocycles. The van der Waals surface area contributed by atoms with Gasteiger partial charge in [0.15, 0.2) is 5.13 Å². The molecule has 3 heterocycles. The van der Waals surface area contributed by atoms with E-state index >= 15 is 0 Å². The molecule has 0 aromatic carbocycles. The molecule has 7 heteroatoms. The zero-order valence-electron chi connectivity index (χ0n) is 11.6. The molecule has 0 radical (unpaired) electrons. The van der Waals surface area contributed by atoms with Crippen molar-refractivity contribution in [2.24, 2.45) is 0 Å². The Bertz CT molecular complexity index is 743. The van der Waals surface area contributed by atoms with Crippen molar-refractivity contribution in [2.45, 2.75) is 19.9 Å². The summed E-state index contributed by atoms with van der Waals surface area (Å²) in [5.41, 5.74) is 1.43. The first-order chi connectivity index (χ1) is 10.1. The predicted octanol–water partition coefficient (Wildman–Crippen LogP) is 3.90. The molecule has 108 valence electrons. The molecule has 3 rings (SSSR count). The fourth-order valence-corrected chi connectivity index (χ4v) is 3.40. The first kappa shape index (κ1) is 14.0. The van der Waals surface area contributed by atoms with E-state index in [2.05, 4.69) is 15.4 Å². The third-order valence-corrected chi connectivity index (χ3v) is 4.54. The monoisotopic (exact) mass is 318 g/mol. The van der Waals surface area contributed by atoms with Crippen LogP contribution in [0.15, 0.2) is 35.2 Å². The maximum absolute atomic E-state index is 12.3. The van der Waals surface area contributed by atoms with Crippen LogP contribution in [0.3, 0.4) is 0 Å². The van der Waals surface area contributed by atoms with Crippen LogP contribution in [0.4, 0.5) is 5.13 Å². The maximum Gasteiger partial charge on any atom is 0.275 e. The number of carbonyl (C=O) groups is 1. The van der Waals surface area contributed by atoms with Crippen molar-refractivity contribution in [3.05, 3.63) is 40.8 Å². The van der Waals surface area contributed by atoms with E-state index < -0.39 is 0 Å². The van der Waals surface area contributed by atoms with Crippen LogP contribution in [-0.4, -0.2) is 20.7 Å². The Morgan fingerprint density at radius 3 is 2.90 bits per heavy atom. The highest BCUT2D eigenvalue weighted by atomic mass is 32.1. The largest absolute Gasteiger partial charge is 0.296 e. The van der Waals surface area contributed by atoms with Gasteiger partial charge in [-0.05, 0) is 31.4 Å². The molecular weight excluding hydrogens is 304 g/mol. The van der Waals surface area contributed by atoms with Crippen molar-refractivity contribution in [1.29, 1.82) is 0 Å². The molecule has 0 fully saturated rings. The molecule has 0 saturated carbocycles. The van der Waals surface area contributed by atoms with Gasteiger partial charge in [0.2, 0.25) is 0 Å². The Morgan fingerprint density at radius 2 is 2.19 bits per heavy atom. The van der Waals surface area contributed by atoms with E-state index in [9.17, 15) is 4.79 Å². The number of hydrogen-bond donors (Lipinski definition) is 1. The van der Waals surface area contributed by atoms with Gasteiger partial charge in [-0.15, -0.1) is 22.7 Å². The lowest BCUT2D eigenvalue weighted by Crippen LogP contribution is -2.18. The second-order valence-corrected chi connectivity index (χ2v) is 6.53. The number of thiophene rings is 1. The number of aromatic nitrogens is 3. The van der Waals surface area contributed by atoms with Crippen LogP contribution >= 0.6 is 22.7 Å². The summed E-state index contributed by atoms with van der Waals surface area (Å²) in [5.74, 6) is -0.187. The van der Waals surface area contributed by atoms with E-state index in [0.29, 0.717) is 10.8 Å². The fourth-order valence-electron chi connectivity index (χ4n) is 1.94. The first-order valence-electron chi connectivity index (χ1n) is 6.49. The number of carbonyl (C=O) groups excluding carboxylic acids is 1. The van der Waals surface area contributed by atoms with Gasteiger partial charge in [0.25, 0.3) is 5.91 Å². The lowest BCUT2D eigenvalue weighted by Gasteiger charge is -2.09. The van der Waals surface area contributed by atoms with Gasteiger partial charge < -0.3 is 0 Å². The number of amides is 1. The molecule has 0 aliphatic carbocycles. The van der Waals surface area contributed by atoms with E-state index in [1.54, 1.807) is 28.3 Å². The molecule has 0 spiro atoms. The average Bonchev–Trinajstić information content (AvgIpc) is 3.19. The molecule has 1 N–H and O–H groups in total. The van der Waals surface area contributed by atoms with Gasteiger partial charge in [0.1, 0.15) is 5.69 Å². The second-order valence-electron chi connectivity index (χ2n) is 4.72. The van der Waals surface area contributed by atoms with Crippen molar-refractivity contribution < 1.29 is 4.79 Å². The lowest BCUT2D eigenvalue weighted by molar-refractivity contribution is 0.101. The molecule has 0 atom stereocenters. The smallest absolute Gasteiger partial charge is 0.275 e. The molecule has 0 saturated heterocycles. The summed E-state index contributed by atoms with van der Waals surface area (Å²) in [6.45, 7) is 3.98. The number of rotatable bonds is 4. The van der Waals surface area contributed by atoms with E-state index in [-0.39, 0.29) is 11.9 Å². The zero-order valence-corrected chi connectivity index (χ0v) is 13.2. The molecule has 0 aliphatic heterocycles. The lowest BCUT2D eigenvalue weighted by atomic mass is 10.3. The highest BCUT2D eigenvalue weighted by molar-refractivity contribution is 7.16. The minimum Gasteiger partial charge on any atom is -0.296 e. The summed E-state index contributed by atoms with van der Waals surface area (Å²) >= 11 is 3.05. The maximum atomic E-state index is 12.3. The van der Waals surface area contributed by atoms with Crippen molar-refractivity contribution in [3.8, 4) is 10.6 Å². The van der Waals surface area contributed by atoms with Crippen LogP contribution in [0, 0.1) is 0 Å². The number of hydrogen-bond acceptors (Lipinski definition) is 5. The Hall–Kier alpha value is -1.99. The Labute approximate surface area is 130 Å². The van der Waals surface area contributed by atoms with Crippen molar-refractivity contribution in [3.63, 3.8) is 0 Å². The zero-order chi connectivity index (χ0) is 14.8. The van der Waals surface area contributed by atoms with Gasteiger partial charge in [0.05, 0.1) is 10.6 Å². The van der Waals surface area contributed by atoms with Crippen LogP contribution < -0.4 is 5.32 Å². The second kappa shape index (κ2) is 5.79. The Balaban J connectivity index is 1.78. The van der Waals surface area contributed by atoms with Crippen LogP contribution in [0.2, 0.25) is 0 Å².